The van der Waals surface area contributed by atoms with Gasteiger partial charge < -0.3 is 15.2 Å². The van der Waals surface area contributed by atoms with E-state index in [1.807, 2.05) is 41.1 Å². The van der Waals surface area contributed by atoms with Crippen LogP contribution >= 0.6 is 0 Å². The number of hydrogen-bond donors (Lipinski definition) is 2. The highest BCUT2D eigenvalue weighted by molar-refractivity contribution is 5.81. The lowest BCUT2D eigenvalue weighted by atomic mass is 9.90. The lowest BCUT2D eigenvalue weighted by Gasteiger charge is -2.16. The van der Waals surface area contributed by atoms with E-state index in [0.29, 0.717) is 6.54 Å². The summed E-state index contributed by atoms with van der Waals surface area (Å²) < 4.78 is 1.85. The number of nitrogens with one attached hydrogen (secondary N) is 2. The van der Waals surface area contributed by atoms with E-state index >= 15 is 0 Å². The lowest BCUT2D eigenvalue weighted by Crippen LogP contribution is -2.31. The van der Waals surface area contributed by atoms with Crippen LogP contribution in [-0.2, 0) is 12.0 Å². The molecule has 1 aliphatic heterocycles. The highest BCUT2D eigenvalue weighted by Crippen LogP contribution is 2.29. The summed E-state index contributed by atoms with van der Waals surface area (Å²) >= 11 is 0. The van der Waals surface area contributed by atoms with Gasteiger partial charge in [-0.3, -0.25) is 4.79 Å². The summed E-state index contributed by atoms with van der Waals surface area (Å²) in [7, 11) is 0. The van der Waals surface area contributed by atoms with Crippen LogP contribution in [0, 0.1) is 0 Å². The third kappa shape index (κ3) is 4.28. The van der Waals surface area contributed by atoms with Gasteiger partial charge in [-0.05, 0) is 44.1 Å². The maximum absolute atomic E-state index is 12.8. The molecule has 0 spiro atoms. The molecule has 1 fully saturated rings. The third-order valence-electron chi connectivity index (χ3n) is 5.59. The first-order valence-electron chi connectivity index (χ1n) is 10.6. The van der Waals surface area contributed by atoms with E-state index in [1.54, 1.807) is 0 Å². The van der Waals surface area contributed by atoms with Crippen LogP contribution in [0.15, 0.2) is 41.2 Å². The number of aromatic amines is 1. The Labute approximate surface area is 171 Å². The molecule has 29 heavy (non-hydrogen) atoms. The van der Waals surface area contributed by atoms with Gasteiger partial charge in [-0.2, -0.15) is 5.10 Å². The second-order valence-corrected chi connectivity index (χ2v) is 8.96. The van der Waals surface area contributed by atoms with Crippen LogP contribution in [-0.4, -0.2) is 45.8 Å². The predicted octanol–water partition coefficient (Wildman–Crippen LogP) is 3.20. The Balaban J connectivity index is 1.63. The van der Waals surface area contributed by atoms with Crippen molar-refractivity contribution in [2.75, 3.05) is 26.2 Å². The predicted molar refractivity (Wildman–Crippen MR) is 118 cm³/mol. The molecule has 0 saturated carbocycles. The monoisotopic (exact) mass is 393 g/mol. The number of benzene rings is 1. The van der Waals surface area contributed by atoms with Gasteiger partial charge in [0.1, 0.15) is 5.65 Å². The number of nitrogens with zero attached hydrogens (tertiary/aromatic N) is 3. The van der Waals surface area contributed by atoms with Gasteiger partial charge in [0, 0.05) is 36.0 Å². The Morgan fingerprint density at radius 3 is 2.55 bits per heavy atom. The van der Waals surface area contributed by atoms with Crippen molar-refractivity contribution < 1.29 is 0 Å². The van der Waals surface area contributed by atoms with Gasteiger partial charge in [0.2, 0.25) is 0 Å². The van der Waals surface area contributed by atoms with Crippen molar-refractivity contribution in [1.29, 1.82) is 0 Å². The van der Waals surface area contributed by atoms with Crippen molar-refractivity contribution in [2.45, 2.75) is 45.6 Å². The Hall–Kier alpha value is -2.44. The highest BCUT2D eigenvalue weighted by atomic mass is 16.1. The minimum atomic E-state index is -0.128. The number of pyridine rings is 1. The molecule has 154 valence electrons. The van der Waals surface area contributed by atoms with Gasteiger partial charge in [0.25, 0.3) is 5.56 Å². The van der Waals surface area contributed by atoms with Crippen molar-refractivity contribution in [3.05, 3.63) is 58.0 Å². The molecule has 6 nitrogen and oxygen atoms in total. The first kappa shape index (κ1) is 19.9. The summed E-state index contributed by atoms with van der Waals surface area (Å²) in [6.07, 6.45) is 2.61. The second-order valence-electron chi connectivity index (χ2n) is 8.96. The smallest absolute Gasteiger partial charge is 0.254 e. The van der Waals surface area contributed by atoms with E-state index in [1.165, 1.54) is 25.9 Å². The van der Waals surface area contributed by atoms with Crippen molar-refractivity contribution >= 4 is 11.0 Å². The minimum Gasteiger partial charge on any atom is -0.311 e. The zero-order valence-electron chi connectivity index (χ0n) is 17.7. The van der Waals surface area contributed by atoms with Crippen molar-refractivity contribution in [1.82, 2.24) is 25.0 Å². The normalized spacial score (nSPS) is 15.4. The van der Waals surface area contributed by atoms with Crippen LogP contribution in [0.2, 0.25) is 0 Å². The van der Waals surface area contributed by atoms with Gasteiger partial charge in [-0.25, -0.2) is 4.68 Å². The van der Waals surface area contributed by atoms with Crippen molar-refractivity contribution in [3.8, 4) is 5.69 Å². The SMILES string of the molecule is CC(C)(C)c1nn(-c2ccccc2)c2[nH]c(=O)c(CNCCN3CCCC3)cc12. The molecule has 3 aromatic rings. The summed E-state index contributed by atoms with van der Waals surface area (Å²) in [6, 6.07) is 12.0. The summed E-state index contributed by atoms with van der Waals surface area (Å²) in [5, 5.41) is 9.33. The number of fused-ring (bicyclic) bond motifs is 1. The molecule has 4 rings (SSSR count). The Morgan fingerprint density at radius 1 is 1.14 bits per heavy atom. The van der Waals surface area contributed by atoms with Crippen LogP contribution in [0.3, 0.4) is 0 Å². The second kappa shape index (κ2) is 8.13. The fourth-order valence-corrected chi connectivity index (χ4v) is 4.02. The van der Waals surface area contributed by atoms with Crippen LogP contribution in [0.4, 0.5) is 0 Å². The molecule has 0 atom stereocenters. The number of aromatic nitrogens is 3. The highest BCUT2D eigenvalue weighted by Gasteiger charge is 2.24. The van der Waals surface area contributed by atoms with Crippen LogP contribution in [0.1, 0.15) is 44.9 Å². The summed E-state index contributed by atoms with van der Waals surface area (Å²) in [5.41, 5.74) is 3.27. The van der Waals surface area contributed by atoms with E-state index in [4.69, 9.17) is 5.10 Å². The Bertz CT molecular complexity index is 1020. The fourth-order valence-electron chi connectivity index (χ4n) is 4.02. The van der Waals surface area contributed by atoms with Gasteiger partial charge in [-0.15, -0.1) is 0 Å². The average Bonchev–Trinajstić information content (AvgIpc) is 3.33. The molecule has 1 aromatic carbocycles. The number of likely N-dealkylation sites (tertiary alicyclic amines) is 1. The van der Waals surface area contributed by atoms with Crippen LogP contribution in [0.5, 0.6) is 0 Å². The molecular formula is C23H31N5O. The molecular weight excluding hydrogens is 362 g/mol. The van der Waals surface area contributed by atoms with Gasteiger partial charge in [0.05, 0.1) is 11.4 Å². The number of H-pyrrole nitrogens is 1. The Kier molecular flexibility index (Phi) is 5.56. The molecule has 1 saturated heterocycles. The molecule has 6 heteroatoms. The summed E-state index contributed by atoms with van der Waals surface area (Å²) in [5.74, 6) is 0. The van der Waals surface area contributed by atoms with Crippen molar-refractivity contribution in [2.24, 2.45) is 0 Å². The first-order chi connectivity index (χ1) is 13.9. The number of rotatable bonds is 6. The molecule has 0 amide bonds. The molecule has 0 unspecified atom stereocenters. The van der Waals surface area contributed by atoms with Gasteiger partial charge in [0.15, 0.2) is 0 Å². The minimum absolute atomic E-state index is 0.0521. The summed E-state index contributed by atoms with van der Waals surface area (Å²) in [6.45, 7) is 11.4. The third-order valence-corrected chi connectivity index (χ3v) is 5.59. The zero-order chi connectivity index (χ0) is 20.4. The molecule has 0 bridgehead atoms. The van der Waals surface area contributed by atoms with Crippen molar-refractivity contribution in [3.63, 3.8) is 0 Å². The molecule has 0 aliphatic carbocycles. The first-order valence-corrected chi connectivity index (χ1v) is 10.6. The lowest BCUT2D eigenvalue weighted by molar-refractivity contribution is 0.335. The average molecular weight is 394 g/mol. The fraction of sp³-hybridized carbons (Fsp3) is 0.478. The number of hydrogen-bond acceptors (Lipinski definition) is 4. The Morgan fingerprint density at radius 2 is 1.86 bits per heavy atom. The molecule has 0 radical (unpaired) electrons. The van der Waals surface area contributed by atoms with Gasteiger partial charge >= 0.3 is 0 Å². The van der Waals surface area contributed by atoms with Crippen LogP contribution < -0.4 is 10.9 Å². The van der Waals surface area contributed by atoms with E-state index in [-0.39, 0.29) is 11.0 Å². The number of para-hydroxylation sites is 1. The van der Waals surface area contributed by atoms with Crippen LogP contribution in [0.25, 0.3) is 16.7 Å². The topological polar surface area (TPSA) is 66.0 Å². The summed E-state index contributed by atoms with van der Waals surface area (Å²) in [4.78, 5) is 18.3. The van der Waals surface area contributed by atoms with E-state index in [2.05, 4.69) is 36.0 Å². The largest absolute Gasteiger partial charge is 0.311 e. The zero-order valence-corrected chi connectivity index (χ0v) is 17.7. The van der Waals surface area contributed by atoms with E-state index in [0.717, 1.165) is 41.1 Å². The quantitative estimate of drug-likeness (QED) is 0.631. The molecule has 2 aromatic heterocycles. The molecule has 1 aliphatic rings. The van der Waals surface area contributed by atoms with Gasteiger partial charge in [-0.1, -0.05) is 39.0 Å². The molecule has 2 N–H and O–H groups in total. The molecule has 3 heterocycles. The maximum atomic E-state index is 12.8. The van der Waals surface area contributed by atoms with E-state index in [9.17, 15) is 4.79 Å². The van der Waals surface area contributed by atoms with E-state index < -0.39 is 0 Å². The standard InChI is InChI=1S/C23H31N5O/c1-23(2,3)20-19-15-17(16-24-11-14-27-12-7-8-13-27)22(29)25-21(19)28(26-20)18-9-5-4-6-10-18/h4-6,9-10,15,24H,7-8,11-14,16H2,1-3H3,(H,25,29). The maximum Gasteiger partial charge on any atom is 0.254 e.